The lowest BCUT2D eigenvalue weighted by atomic mass is 10.1. The Kier molecular flexibility index (Phi) is 8.18. The average molecular weight is 547 g/mol. The number of ether oxygens (including phenoxy) is 2. The summed E-state index contributed by atoms with van der Waals surface area (Å²) < 4.78 is 12.7. The Morgan fingerprint density at radius 2 is 2.09 bits per heavy atom. The van der Waals surface area contributed by atoms with Crippen LogP contribution in [0.2, 0.25) is 0 Å². The zero-order valence-electron chi connectivity index (χ0n) is 19.2. The molecule has 3 aromatic rings. The van der Waals surface area contributed by atoms with E-state index in [-0.39, 0.29) is 29.2 Å². The molecule has 0 aliphatic rings. The lowest BCUT2D eigenvalue weighted by Gasteiger charge is -2.15. The summed E-state index contributed by atoms with van der Waals surface area (Å²) >= 11 is 3.35. The first-order valence-electron chi connectivity index (χ1n) is 10.8. The number of aromatic nitrogens is 2. The molecule has 0 bridgehead atoms. The molecule has 12 heteroatoms. The van der Waals surface area contributed by atoms with Crippen molar-refractivity contribution in [3.05, 3.63) is 66.7 Å². The van der Waals surface area contributed by atoms with Gasteiger partial charge >= 0.3 is 11.7 Å². The average Bonchev–Trinajstić information content (AvgIpc) is 2.80. The number of nitro groups is 1. The predicted molar refractivity (Wildman–Crippen MR) is 133 cm³/mol. The Morgan fingerprint density at radius 1 is 1.34 bits per heavy atom. The number of aliphatic carboxylic acids is 1. The van der Waals surface area contributed by atoms with Crippen molar-refractivity contribution in [2.75, 3.05) is 6.61 Å². The van der Waals surface area contributed by atoms with Crippen molar-refractivity contribution >= 4 is 44.7 Å². The highest BCUT2D eigenvalue weighted by atomic mass is 79.9. The maximum absolute atomic E-state index is 13.2. The van der Waals surface area contributed by atoms with E-state index in [1.165, 1.54) is 29.9 Å². The second kappa shape index (κ2) is 11.1. The first-order chi connectivity index (χ1) is 16.7. The predicted octanol–water partition coefficient (Wildman–Crippen LogP) is 4.15. The molecule has 3 rings (SSSR count). The third-order valence-electron chi connectivity index (χ3n) is 4.87. The van der Waals surface area contributed by atoms with Crippen LogP contribution in [-0.2, 0) is 11.2 Å². The first-order valence-corrected chi connectivity index (χ1v) is 11.6. The summed E-state index contributed by atoms with van der Waals surface area (Å²) in [5, 5.41) is 25.5. The minimum absolute atomic E-state index is 0.0158. The summed E-state index contributed by atoms with van der Waals surface area (Å²) in [5.41, 5.74) is -0.0893. The summed E-state index contributed by atoms with van der Waals surface area (Å²) in [6, 6.07) is 7.79. The number of benzene rings is 2. The van der Waals surface area contributed by atoms with E-state index >= 15 is 0 Å². The van der Waals surface area contributed by atoms with Gasteiger partial charge in [-0.3, -0.25) is 14.9 Å². The van der Waals surface area contributed by atoms with Crippen LogP contribution in [0.15, 0.2) is 44.7 Å². The fourth-order valence-electron chi connectivity index (χ4n) is 3.25. The molecule has 11 nitrogen and oxygen atoms in total. The Morgan fingerprint density at radius 3 is 2.71 bits per heavy atom. The number of hydrogen-bond acceptors (Lipinski definition) is 8. The molecule has 1 aromatic heterocycles. The molecule has 0 radical (unpaired) electrons. The lowest BCUT2D eigenvalue weighted by Crippen LogP contribution is -2.23. The molecule has 0 spiro atoms. The van der Waals surface area contributed by atoms with Crippen LogP contribution in [0.5, 0.6) is 11.5 Å². The van der Waals surface area contributed by atoms with Crippen molar-refractivity contribution in [2.45, 2.75) is 39.7 Å². The van der Waals surface area contributed by atoms with Gasteiger partial charge in [0.1, 0.15) is 5.82 Å². The second-order valence-corrected chi connectivity index (χ2v) is 8.37. The molecule has 0 aliphatic carbocycles. The standard InChI is InChI=1S/C23H23BrN4O7/c1-4-6-20-26-17-8-7-15(24)11-16(17)22(29)27(20)25-12-14-9-18(28(32)33)21(19(10-14)34-5-2)35-13(3)23(30)31/h7-13H,4-6H2,1-3H3,(H,30,31)/t13-/m1/s1. The molecule has 2 aromatic carbocycles. The van der Waals surface area contributed by atoms with Crippen LogP contribution in [0.25, 0.3) is 10.9 Å². The minimum atomic E-state index is -1.34. The Balaban J connectivity index is 2.15. The third-order valence-corrected chi connectivity index (χ3v) is 5.36. The molecule has 0 aliphatic heterocycles. The van der Waals surface area contributed by atoms with Crippen LogP contribution < -0.4 is 15.0 Å². The molecule has 0 fully saturated rings. The van der Waals surface area contributed by atoms with Crippen LogP contribution >= 0.6 is 15.9 Å². The Hall–Kier alpha value is -3.80. The number of halogens is 1. The number of carboxylic acids is 1. The summed E-state index contributed by atoms with van der Waals surface area (Å²) in [4.78, 5) is 40.0. The zero-order chi connectivity index (χ0) is 25.7. The van der Waals surface area contributed by atoms with Gasteiger partial charge in [-0.1, -0.05) is 22.9 Å². The molecule has 1 N–H and O–H groups in total. The highest BCUT2D eigenvalue weighted by molar-refractivity contribution is 9.10. The van der Waals surface area contributed by atoms with E-state index in [4.69, 9.17) is 14.6 Å². The van der Waals surface area contributed by atoms with Gasteiger partial charge in [-0.15, -0.1) is 0 Å². The van der Waals surface area contributed by atoms with Crippen molar-refractivity contribution in [2.24, 2.45) is 5.10 Å². The largest absolute Gasteiger partial charge is 0.490 e. The summed E-state index contributed by atoms with van der Waals surface area (Å²) in [6.07, 6.45) is 1.15. The number of carboxylic acid groups (broad SMARTS) is 1. The normalized spacial score (nSPS) is 12.1. The molecule has 0 saturated heterocycles. The van der Waals surface area contributed by atoms with Crippen molar-refractivity contribution in [1.29, 1.82) is 0 Å². The quantitative estimate of drug-likeness (QED) is 0.226. The van der Waals surface area contributed by atoms with Gasteiger partial charge in [0.25, 0.3) is 5.56 Å². The van der Waals surface area contributed by atoms with Crippen LogP contribution in [-0.4, -0.2) is 44.6 Å². The summed E-state index contributed by atoms with van der Waals surface area (Å²) in [5.74, 6) is -1.16. The van der Waals surface area contributed by atoms with Gasteiger partial charge in [0.2, 0.25) is 5.75 Å². The van der Waals surface area contributed by atoms with Gasteiger partial charge in [0, 0.05) is 22.5 Å². The molecule has 0 unspecified atom stereocenters. The van der Waals surface area contributed by atoms with Gasteiger partial charge in [0.15, 0.2) is 11.9 Å². The minimum Gasteiger partial charge on any atom is -0.490 e. The molecule has 1 atom stereocenters. The summed E-state index contributed by atoms with van der Waals surface area (Å²) in [7, 11) is 0. The van der Waals surface area contributed by atoms with E-state index < -0.39 is 22.7 Å². The number of nitro benzene ring substituents is 1. The second-order valence-electron chi connectivity index (χ2n) is 7.46. The SMILES string of the molecule is CCCc1nc2ccc(Br)cc2c(=O)n1N=Cc1cc(OCC)c(O[C@H](C)C(=O)O)c([N+](=O)[O-])c1. The number of carbonyl (C=O) groups is 1. The summed E-state index contributed by atoms with van der Waals surface area (Å²) in [6.45, 7) is 5.02. The van der Waals surface area contributed by atoms with Crippen LogP contribution in [0.4, 0.5) is 5.69 Å². The van der Waals surface area contributed by atoms with Gasteiger partial charge in [-0.05, 0) is 44.5 Å². The maximum atomic E-state index is 13.2. The van der Waals surface area contributed by atoms with Gasteiger partial charge in [-0.2, -0.15) is 9.78 Å². The fourth-order valence-corrected chi connectivity index (χ4v) is 3.61. The van der Waals surface area contributed by atoms with E-state index in [9.17, 15) is 19.7 Å². The molecular weight excluding hydrogens is 524 g/mol. The molecular formula is C23H23BrN4O7. The van der Waals surface area contributed by atoms with Crippen LogP contribution in [0, 0.1) is 10.1 Å². The smallest absolute Gasteiger partial charge is 0.344 e. The van der Waals surface area contributed by atoms with E-state index in [1.807, 2.05) is 6.92 Å². The molecule has 1 heterocycles. The molecule has 0 amide bonds. The number of nitrogens with zero attached hydrogens (tertiary/aromatic N) is 4. The molecule has 184 valence electrons. The lowest BCUT2D eigenvalue weighted by molar-refractivity contribution is -0.386. The van der Waals surface area contributed by atoms with E-state index in [0.717, 1.165) is 6.42 Å². The monoisotopic (exact) mass is 546 g/mol. The van der Waals surface area contributed by atoms with E-state index in [0.29, 0.717) is 27.6 Å². The van der Waals surface area contributed by atoms with E-state index in [1.54, 1.807) is 25.1 Å². The van der Waals surface area contributed by atoms with Crippen molar-refractivity contribution in [1.82, 2.24) is 9.66 Å². The Labute approximate surface area is 208 Å². The third kappa shape index (κ3) is 5.83. The van der Waals surface area contributed by atoms with Gasteiger partial charge < -0.3 is 14.6 Å². The highest BCUT2D eigenvalue weighted by Gasteiger charge is 2.26. The van der Waals surface area contributed by atoms with Crippen LogP contribution in [0.1, 0.15) is 38.6 Å². The van der Waals surface area contributed by atoms with E-state index in [2.05, 4.69) is 26.0 Å². The Bertz CT molecular complexity index is 1370. The maximum Gasteiger partial charge on any atom is 0.344 e. The van der Waals surface area contributed by atoms with Crippen molar-refractivity contribution in [3.8, 4) is 11.5 Å². The topological polar surface area (TPSA) is 146 Å². The van der Waals surface area contributed by atoms with Crippen molar-refractivity contribution < 1.29 is 24.3 Å². The van der Waals surface area contributed by atoms with Crippen molar-refractivity contribution in [3.63, 3.8) is 0 Å². The van der Waals surface area contributed by atoms with Gasteiger partial charge in [-0.25, -0.2) is 9.78 Å². The van der Waals surface area contributed by atoms with Gasteiger partial charge in [0.05, 0.1) is 28.6 Å². The number of fused-ring (bicyclic) bond motifs is 1. The zero-order valence-corrected chi connectivity index (χ0v) is 20.8. The highest BCUT2D eigenvalue weighted by Crippen LogP contribution is 2.39. The number of aryl methyl sites for hydroxylation is 1. The molecule has 0 saturated carbocycles. The fraction of sp³-hybridized carbons (Fsp3) is 0.304. The first kappa shape index (κ1) is 25.8. The molecule has 35 heavy (non-hydrogen) atoms. The number of rotatable bonds is 10. The number of hydrogen-bond donors (Lipinski definition) is 1. The van der Waals surface area contributed by atoms with Crippen LogP contribution in [0.3, 0.4) is 0 Å².